The zero-order chi connectivity index (χ0) is 23.3. The van der Waals surface area contributed by atoms with Crippen LogP contribution in [0.4, 0.5) is 11.4 Å². The summed E-state index contributed by atoms with van der Waals surface area (Å²) in [4.78, 5) is 14.6. The van der Waals surface area contributed by atoms with Crippen molar-refractivity contribution in [3.05, 3.63) is 48.0 Å². The Morgan fingerprint density at radius 3 is 2.70 bits per heavy atom. The largest absolute Gasteiger partial charge is 0.486 e. The van der Waals surface area contributed by atoms with Gasteiger partial charge >= 0.3 is 0 Å². The standard InChI is InChI=1S/C24H31N3O5S/c1-33(29,30)27(20-9-10-22-23(18-20)32-17-16-31-22)14-4-8-24(28)25-12-5-13-26-15-11-19-6-2-3-7-21(19)26/h2-3,6-7,9-10,18H,4-5,8,11-17H2,1H3,(H,25,28). The molecule has 8 nitrogen and oxygen atoms in total. The Labute approximate surface area is 195 Å². The second kappa shape index (κ2) is 10.3. The predicted octanol–water partition coefficient (Wildman–Crippen LogP) is 2.57. The van der Waals surface area contributed by atoms with Gasteiger partial charge in [-0.25, -0.2) is 8.42 Å². The van der Waals surface area contributed by atoms with E-state index in [2.05, 4.69) is 34.5 Å². The van der Waals surface area contributed by atoms with Crippen LogP contribution in [0.1, 0.15) is 24.8 Å². The Morgan fingerprint density at radius 2 is 1.88 bits per heavy atom. The predicted molar refractivity (Wildman–Crippen MR) is 129 cm³/mol. The maximum absolute atomic E-state index is 12.3. The highest BCUT2D eigenvalue weighted by Gasteiger charge is 2.21. The number of rotatable bonds is 10. The molecule has 0 radical (unpaired) electrons. The molecule has 1 N–H and O–H groups in total. The van der Waals surface area contributed by atoms with Crippen LogP contribution in [0.25, 0.3) is 0 Å². The minimum Gasteiger partial charge on any atom is -0.486 e. The third-order valence-electron chi connectivity index (χ3n) is 5.89. The average Bonchev–Trinajstić information content (AvgIpc) is 3.21. The molecule has 0 aromatic heterocycles. The minimum absolute atomic E-state index is 0.0625. The summed E-state index contributed by atoms with van der Waals surface area (Å²) in [6.07, 6.45) is 3.80. The molecule has 0 atom stereocenters. The quantitative estimate of drug-likeness (QED) is 0.534. The van der Waals surface area contributed by atoms with Crippen molar-refractivity contribution < 1.29 is 22.7 Å². The maximum Gasteiger partial charge on any atom is 0.232 e. The summed E-state index contributed by atoms with van der Waals surface area (Å²) in [5.74, 6) is 1.08. The summed E-state index contributed by atoms with van der Waals surface area (Å²) in [5.41, 5.74) is 3.19. The molecule has 9 heteroatoms. The SMILES string of the molecule is CS(=O)(=O)N(CCCC(=O)NCCCN1CCc2ccccc21)c1ccc2c(c1)OCCO2. The third kappa shape index (κ3) is 5.90. The van der Waals surface area contributed by atoms with Gasteiger partial charge in [0.1, 0.15) is 13.2 Å². The Hall–Kier alpha value is -2.94. The number of para-hydroxylation sites is 1. The summed E-state index contributed by atoms with van der Waals surface area (Å²) in [6, 6.07) is 13.5. The number of ether oxygens (including phenoxy) is 2. The van der Waals surface area contributed by atoms with Crippen LogP contribution in [0.5, 0.6) is 11.5 Å². The number of carbonyl (C=O) groups excluding carboxylic acids is 1. The van der Waals surface area contributed by atoms with E-state index in [4.69, 9.17) is 9.47 Å². The van der Waals surface area contributed by atoms with E-state index in [0.717, 1.165) is 25.9 Å². The zero-order valence-electron chi connectivity index (χ0n) is 19.0. The van der Waals surface area contributed by atoms with Crippen molar-refractivity contribution in [2.24, 2.45) is 0 Å². The van der Waals surface area contributed by atoms with E-state index in [1.807, 2.05) is 0 Å². The first-order chi connectivity index (χ1) is 15.9. The van der Waals surface area contributed by atoms with E-state index in [1.165, 1.54) is 21.8 Å². The molecule has 0 aliphatic carbocycles. The Kier molecular flexibility index (Phi) is 7.27. The highest BCUT2D eigenvalue weighted by molar-refractivity contribution is 7.92. The number of amides is 1. The first-order valence-electron chi connectivity index (χ1n) is 11.4. The van der Waals surface area contributed by atoms with Crippen LogP contribution in [-0.4, -0.2) is 60.0 Å². The lowest BCUT2D eigenvalue weighted by Crippen LogP contribution is -2.33. The van der Waals surface area contributed by atoms with Gasteiger partial charge in [0.25, 0.3) is 0 Å². The summed E-state index contributed by atoms with van der Waals surface area (Å²) < 4.78 is 37.1. The van der Waals surface area contributed by atoms with Gasteiger partial charge in [0.15, 0.2) is 11.5 Å². The van der Waals surface area contributed by atoms with Crippen molar-refractivity contribution in [1.82, 2.24) is 5.32 Å². The number of benzene rings is 2. The van der Waals surface area contributed by atoms with Crippen LogP contribution in [0.2, 0.25) is 0 Å². The number of fused-ring (bicyclic) bond motifs is 2. The van der Waals surface area contributed by atoms with E-state index < -0.39 is 10.0 Å². The summed E-state index contributed by atoms with van der Waals surface area (Å²) in [7, 11) is -3.50. The van der Waals surface area contributed by atoms with Gasteiger partial charge in [-0.15, -0.1) is 0 Å². The van der Waals surface area contributed by atoms with E-state index in [-0.39, 0.29) is 18.9 Å². The smallest absolute Gasteiger partial charge is 0.232 e. The lowest BCUT2D eigenvalue weighted by atomic mass is 10.2. The van der Waals surface area contributed by atoms with Crippen LogP contribution >= 0.6 is 0 Å². The molecule has 2 aliphatic rings. The van der Waals surface area contributed by atoms with Crippen molar-refractivity contribution >= 4 is 27.3 Å². The van der Waals surface area contributed by atoms with Crippen LogP contribution in [0, 0.1) is 0 Å². The number of hydrogen-bond donors (Lipinski definition) is 1. The van der Waals surface area contributed by atoms with Crippen molar-refractivity contribution in [3.8, 4) is 11.5 Å². The molecule has 0 unspecified atom stereocenters. The first kappa shape index (κ1) is 23.2. The fourth-order valence-corrected chi connectivity index (χ4v) is 5.24. The Bertz CT molecular complexity index is 1090. The van der Waals surface area contributed by atoms with Crippen molar-refractivity contribution in [2.45, 2.75) is 25.7 Å². The second-order valence-corrected chi connectivity index (χ2v) is 10.2. The fourth-order valence-electron chi connectivity index (χ4n) is 4.28. The van der Waals surface area contributed by atoms with Crippen molar-refractivity contribution in [1.29, 1.82) is 0 Å². The number of nitrogens with one attached hydrogen (secondary N) is 1. The van der Waals surface area contributed by atoms with Gasteiger partial charge in [-0.05, 0) is 43.0 Å². The molecule has 33 heavy (non-hydrogen) atoms. The molecule has 0 fully saturated rings. The molecule has 2 aromatic carbocycles. The van der Waals surface area contributed by atoms with Gasteiger partial charge in [0.2, 0.25) is 15.9 Å². The van der Waals surface area contributed by atoms with Crippen LogP contribution < -0.4 is 24.0 Å². The highest BCUT2D eigenvalue weighted by Crippen LogP contribution is 2.34. The Balaban J connectivity index is 1.21. The number of carbonyl (C=O) groups is 1. The van der Waals surface area contributed by atoms with Crippen LogP contribution in [-0.2, 0) is 21.2 Å². The molecule has 2 heterocycles. The topological polar surface area (TPSA) is 88.2 Å². The summed E-state index contributed by atoms with van der Waals surface area (Å²) in [6.45, 7) is 3.66. The molecule has 0 spiro atoms. The van der Waals surface area contributed by atoms with E-state index >= 15 is 0 Å². The third-order valence-corrected chi connectivity index (χ3v) is 7.08. The molecule has 178 valence electrons. The van der Waals surface area contributed by atoms with Crippen molar-refractivity contribution in [2.75, 3.05) is 54.9 Å². The molecular formula is C24H31N3O5S. The molecule has 2 aliphatic heterocycles. The van der Waals surface area contributed by atoms with E-state index in [9.17, 15) is 13.2 Å². The van der Waals surface area contributed by atoms with Crippen LogP contribution in [0.3, 0.4) is 0 Å². The van der Waals surface area contributed by atoms with Gasteiger partial charge in [-0.1, -0.05) is 18.2 Å². The number of anilines is 2. The van der Waals surface area contributed by atoms with Gasteiger partial charge in [0.05, 0.1) is 11.9 Å². The molecule has 0 saturated heterocycles. The van der Waals surface area contributed by atoms with E-state index in [0.29, 0.717) is 43.4 Å². The second-order valence-electron chi connectivity index (χ2n) is 8.34. The van der Waals surface area contributed by atoms with Gasteiger partial charge in [-0.3, -0.25) is 9.10 Å². The molecule has 4 rings (SSSR count). The monoisotopic (exact) mass is 473 g/mol. The molecule has 2 aromatic rings. The molecular weight excluding hydrogens is 442 g/mol. The van der Waals surface area contributed by atoms with Crippen LogP contribution in [0.15, 0.2) is 42.5 Å². The summed E-state index contributed by atoms with van der Waals surface area (Å²) in [5, 5.41) is 2.95. The normalized spacial score (nSPS) is 14.6. The molecule has 0 bridgehead atoms. The highest BCUT2D eigenvalue weighted by atomic mass is 32.2. The molecule has 0 saturated carbocycles. The fraction of sp³-hybridized carbons (Fsp3) is 0.458. The lowest BCUT2D eigenvalue weighted by molar-refractivity contribution is -0.121. The van der Waals surface area contributed by atoms with E-state index in [1.54, 1.807) is 18.2 Å². The Morgan fingerprint density at radius 1 is 1.09 bits per heavy atom. The van der Waals surface area contributed by atoms with Gasteiger partial charge in [-0.2, -0.15) is 0 Å². The molecule has 1 amide bonds. The number of sulfonamides is 1. The first-order valence-corrected chi connectivity index (χ1v) is 13.2. The summed E-state index contributed by atoms with van der Waals surface area (Å²) >= 11 is 0. The van der Waals surface area contributed by atoms with Crippen molar-refractivity contribution in [3.63, 3.8) is 0 Å². The van der Waals surface area contributed by atoms with Gasteiger partial charge < -0.3 is 19.7 Å². The zero-order valence-corrected chi connectivity index (χ0v) is 19.8. The lowest BCUT2D eigenvalue weighted by Gasteiger charge is -2.25. The number of nitrogens with zero attached hydrogens (tertiary/aromatic N) is 2. The maximum atomic E-state index is 12.3. The number of hydrogen-bond acceptors (Lipinski definition) is 6. The average molecular weight is 474 g/mol. The minimum atomic E-state index is -3.50. The van der Waals surface area contributed by atoms with Gasteiger partial charge in [0, 0.05) is 44.4 Å².